The van der Waals surface area contributed by atoms with Gasteiger partial charge in [-0.2, -0.15) is 0 Å². The summed E-state index contributed by atoms with van der Waals surface area (Å²) in [5.41, 5.74) is 1.20. The Kier molecular flexibility index (Phi) is 20.1. The number of nitrogens with zero attached hydrogens (tertiary/aromatic N) is 2. The van der Waals surface area contributed by atoms with Gasteiger partial charge in [-0.15, -0.1) is 0 Å². The van der Waals surface area contributed by atoms with Gasteiger partial charge in [0.2, 0.25) is 0 Å². The average molecular weight is 535 g/mol. The lowest BCUT2D eigenvalue weighted by Crippen LogP contribution is -2.30. The van der Waals surface area contributed by atoms with Crippen molar-refractivity contribution in [2.24, 2.45) is 0 Å². The highest BCUT2D eigenvalue weighted by atomic mass is 16.6. The summed E-state index contributed by atoms with van der Waals surface area (Å²) in [5.74, 6) is 0. The predicted molar refractivity (Wildman–Crippen MR) is 158 cm³/mol. The molecule has 38 heavy (non-hydrogen) atoms. The van der Waals surface area contributed by atoms with Crippen LogP contribution < -0.4 is 10.6 Å². The van der Waals surface area contributed by atoms with E-state index in [1.165, 1.54) is 64.2 Å². The molecule has 0 aliphatic heterocycles. The maximum Gasteiger partial charge on any atom is 0.412 e. The molecule has 1 aromatic rings. The van der Waals surface area contributed by atoms with E-state index in [0.29, 0.717) is 11.4 Å². The first-order valence-electron chi connectivity index (χ1n) is 14.9. The van der Waals surface area contributed by atoms with E-state index in [1.807, 2.05) is 0 Å². The van der Waals surface area contributed by atoms with Crippen LogP contribution in [-0.2, 0) is 9.47 Å². The van der Waals surface area contributed by atoms with Crippen molar-refractivity contribution < 1.29 is 19.1 Å². The van der Waals surface area contributed by atoms with Crippen molar-refractivity contribution in [3.63, 3.8) is 0 Å². The molecule has 0 unspecified atom stereocenters. The lowest BCUT2D eigenvalue weighted by Gasteiger charge is -2.20. The van der Waals surface area contributed by atoms with Crippen molar-refractivity contribution in [3.8, 4) is 0 Å². The number of ether oxygens (including phenoxy) is 2. The average Bonchev–Trinajstić information content (AvgIpc) is 2.92. The molecule has 218 valence electrons. The lowest BCUT2D eigenvalue weighted by molar-refractivity contribution is 0.0792. The zero-order valence-corrected chi connectivity index (χ0v) is 24.6. The molecule has 2 N–H and O–H groups in total. The fraction of sp³-hybridized carbons (Fsp3) is 0.733. The largest absolute Gasteiger partial charge is 0.433 e. The summed E-state index contributed by atoms with van der Waals surface area (Å²) in [6, 6.07) is 6.90. The number of anilines is 2. The minimum absolute atomic E-state index is 0.274. The second kappa shape index (κ2) is 22.6. The van der Waals surface area contributed by atoms with Crippen LogP contribution in [0.4, 0.5) is 21.0 Å². The highest BCUT2D eigenvalue weighted by Gasteiger charge is 2.10. The number of benzene rings is 1. The van der Waals surface area contributed by atoms with Gasteiger partial charge < -0.3 is 9.47 Å². The summed E-state index contributed by atoms with van der Waals surface area (Å²) < 4.78 is 10.8. The molecule has 0 radical (unpaired) electrons. The number of carbonyl (C=O) groups excluding carboxylic acids is 2. The van der Waals surface area contributed by atoms with Gasteiger partial charge in [-0.3, -0.25) is 20.4 Å². The van der Waals surface area contributed by atoms with Crippen LogP contribution in [0.1, 0.15) is 105 Å². The van der Waals surface area contributed by atoms with E-state index >= 15 is 0 Å². The number of rotatable bonds is 22. The van der Waals surface area contributed by atoms with Gasteiger partial charge >= 0.3 is 12.2 Å². The molecule has 0 spiro atoms. The van der Waals surface area contributed by atoms with Crippen LogP contribution in [0.2, 0.25) is 0 Å². The molecule has 8 heteroatoms. The normalized spacial score (nSPS) is 11.1. The van der Waals surface area contributed by atoms with Gasteiger partial charge in [0, 0.05) is 24.5 Å². The third-order valence-electron chi connectivity index (χ3n) is 6.68. The van der Waals surface area contributed by atoms with Crippen LogP contribution in [0.5, 0.6) is 0 Å². The molecule has 0 aromatic heterocycles. The Bertz CT molecular complexity index is 668. The number of unbranched alkanes of at least 4 members (excludes halogenated alkanes) is 10. The van der Waals surface area contributed by atoms with Crippen LogP contribution in [0.25, 0.3) is 0 Å². The quantitative estimate of drug-likeness (QED) is 0.116. The number of hydrogen-bond donors (Lipinski definition) is 2. The Hall–Kier alpha value is -2.32. The summed E-state index contributed by atoms with van der Waals surface area (Å²) in [5, 5.41) is 5.47. The first-order chi connectivity index (χ1) is 18.5. The Morgan fingerprint density at radius 2 is 0.921 bits per heavy atom. The van der Waals surface area contributed by atoms with E-state index in [2.05, 4.69) is 48.1 Å². The Morgan fingerprint density at radius 1 is 0.579 bits per heavy atom. The van der Waals surface area contributed by atoms with Gasteiger partial charge in [0.1, 0.15) is 13.5 Å². The monoisotopic (exact) mass is 534 g/mol. The van der Waals surface area contributed by atoms with Crippen molar-refractivity contribution in [1.29, 1.82) is 0 Å². The number of nitrogens with one attached hydrogen (secondary N) is 2. The zero-order valence-electron chi connectivity index (χ0n) is 24.6. The maximum atomic E-state index is 12.2. The predicted octanol–water partition coefficient (Wildman–Crippen LogP) is 8.06. The lowest BCUT2D eigenvalue weighted by atomic mass is 10.1. The molecule has 0 bridgehead atoms. The van der Waals surface area contributed by atoms with Crippen molar-refractivity contribution in [2.45, 2.75) is 105 Å². The SMILES string of the molecule is CCCCCCCCN(CC)COC(=O)Nc1ccc(NC(=O)OCN(CC)CCCCCCCC)cc1. The highest BCUT2D eigenvalue weighted by molar-refractivity contribution is 5.87. The zero-order chi connectivity index (χ0) is 27.8. The molecular formula is C30H54N4O4. The van der Waals surface area contributed by atoms with Crippen LogP contribution in [0, 0.1) is 0 Å². The van der Waals surface area contributed by atoms with Crippen LogP contribution in [0.15, 0.2) is 24.3 Å². The maximum absolute atomic E-state index is 12.2. The third-order valence-corrected chi connectivity index (χ3v) is 6.68. The van der Waals surface area contributed by atoms with Gasteiger partial charge in [-0.05, 0) is 50.2 Å². The third kappa shape index (κ3) is 17.2. The molecule has 0 aliphatic rings. The molecule has 0 heterocycles. The topological polar surface area (TPSA) is 83.1 Å². The van der Waals surface area contributed by atoms with Crippen LogP contribution >= 0.6 is 0 Å². The number of amides is 2. The van der Waals surface area contributed by atoms with Gasteiger partial charge in [0.05, 0.1) is 0 Å². The van der Waals surface area contributed by atoms with Crippen molar-refractivity contribution >= 4 is 23.6 Å². The van der Waals surface area contributed by atoms with Gasteiger partial charge in [-0.25, -0.2) is 9.59 Å². The summed E-state index contributed by atoms with van der Waals surface area (Å²) in [4.78, 5) is 28.7. The summed E-state index contributed by atoms with van der Waals surface area (Å²) in [7, 11) is 0. The molecule has 0 saturated carbocycles. The number of hydrogen-bond acceptors (Lipinski definition) is 6. The second-order valence-electron chi connectivity index (χ2n) is 9.91. The Balaban J connectivity index is 2.27. The fourth-order valence-corrected chi connectivity index (χ4v) is 4.10. The Labute approximate surface area is 231 Å². The molecule has 0 aliphatic carbocycles. The van der Waals surface area contributed by atoms with E-state index in [-0.39, 0.29) is 13.5 Å². The molecule has 2 amide bonds. The minimum atomic E-state index is -0.489. The van der Waals surface area contributed by atoms with Crippen LogP contribution in [-0.4, -0.2) is 61.6 Å². The first-order valence-corrected chi connectivity index (χ1v) is 14.9. The molecular weight excluding hydrogens is 480 g/mol. The summed E-state index contributed by atoms with van der Waals surface area (Å²) in [6.45, 7) is 12.7. The first kappa shape index (κ1) is 33.7. The highest BCUT2D eigenvalue weighted by Crippen LogP contribution is 2.14. The smallest absolute Gasteiger partial charge is 0.412 e. The molecule has 0 atom stereocenters. The van der Waals surface area contributed by atoms with E-state index in [9.17, 15) is 9.59 Å². The molecule has 1 rings (SSSR count). The molecule has 1 aromatic carbocycles. The van der Waals surface area contributed by atoms with Gasteiger partial charge in [0.15, 0.2) is 0 Å². The Morgan fingerprint density at radius 3 is 1.26 bits per heavy atom. The van der Waals surface area contributed by atoms with Gasteiger partial charge in [-0.1, -0.05) is 91.9 Å². The van der Waals surface area contributed by atoms with Gasteiger partial charge in [0.25, 0.3) is 0 Å². The summed E-state index contributed by atoms with van der Waals surface area (Å²) in [6.07, 6.45) is 14.0. The van der Waals surface area contributed by atoms with E-state index < -0.39 is 12.2 Å². The van der Waals surface area contributed by atoms with E-state index in [4.69, 9.17) is 9.47 Å². The number of carbonyl (C=O) groups is 2. The molecule has 0 saturated heterocycles. The van der Waals surface area contributed by atoms with E-state index in [1.54, 1.807) is 24.3 Å². The van der Waals surface area contributed by atoms with Crippen molar-refractivity contribution in [2.75, 3.05) is 50.3 Å². The van der Waals surface area contributed by atoms with E-state index in [0.717, 1.165) is 39.0 Å². The fourth-order valence-electron chi connectivity index (χ4n) is 4.10. The molecule has 0 fully saturated rings. The van der Waals surface area contributed by atoms with Crippen LogP contribution in [0.3, 0.4) is 0 Å². The summed E-state index contributed by atoms with van der Waals surface area (Å²) >= 11 is 0. The van der Waals surface area contributed by atoms with Crippen molar-refractivity contribution in [1.82, 2.24) is 9.80 Å². The van der Waals surface area contributed by atoms with Crippen molar-refractivity contribution in [3.05, 3.63) is 24.3 Å². The standard InChI is InChI=1S/C30H54N4O4/c1-5-9-11-13-15-17-23-33(7-3)25-37-29(35)31-27-19-21-28(22-20-27)32-30(36)38-26-34(8-4)24-18-16-14-12-10-6-2/h19-22H,5-18,23-26H2,1-4H3,(H,31,35)(H,32,36). The minimum Gasteiger partial charge on any atom is -0.433 e. The molecule has 8 nitrogen and oxygen atoms in total. The second-order valence-corrected chi connectivity index (χ2v) is 9.91.